The highest BCUT2D eigenvalue weighted by Crippen LogP contribution is 2.28. The molecule has 0 saturated heterocycles. The van der Waals surface area contributed by atoms with E-state index in [2.05, 4.69) is 9.71 Å². The van der Waals surface area contributed by atoms with Crippen molar-refractivity contribution in [2.24, 2.45) is 7.05 Å². The molecule has 0 bridgehead atoms. The van der Waals surface area contributed by atoms with Gasteiger partial charge in [-0.2, -0.15) is 0 Å². The molecule has 3 aromatic rings. The van der Waals surface area contributed by atoms with Crippen molar-refractivity contribution in [2.45, 2.75) is 17.3 Å². The first kappa shape index (κ1) is 18.5. The second-order valence-electron chi connectivity index (χ2n) is 6.02. The molecule has 0 aliphatic carbocycles. The summed E-state index contributed by atoms with van der Waals surface area (Å²) in [7, 11) is -1.40. The van der Waals surface area contributed by atoms with Crippen LogP contribution in [0.5, 0.6) is 0 Å². The quantitative estimate of drug-likeness (QED) is 0.517. The molecule has 0 aliphatic heterocycles. The Labute approximate surface area is 156 Å². The highest BCUT2D eigenvalue weighted by atomic mass is 32.2. The van der Waals surface area contributed by atoms with Crippen molar-refractivity contribution in [3.8, 4) is 0 Å². The number of imidazole rings is 1. The minimum absolute atomic E-state index is 0.0343. The summed E-state index contributed by atoms with van der Waals surface area (Å²) in [5, 5.41) is 0.460. The number of Topliss-reactive ketones (excluding diaryl/α,β-unsaturated/α-hetero) is 1. The number of sulfonamides is 1. The molecule has 1 heterocycles. The summed E-state index contributed by atoms with van der Waals surface area (Å²) in [4.78, 5) is 17.3. The third kappa shape index (κ3) is 4.08. The molecule has 0 amide bonds. The Bertz CT molecular complexity index is 1060. The third-order valence-electron chi connectivity index (χ3n) is 3.87. The molecular weight excluding hydrogens is 370 g/mol. The fraction of sp³-hybridized carbons (Fsp3) is 0.222. The van der Waals surface area contributed by atoms with Crippen LogP contribution in [0.3, 0.4) is 0 Å². The smallest absolute Gasteiger partial charge is 0.229 e. The first-order chi connectivity index (χ1) is 12.2. The van der Waals surface area contributed by atoms with Gasteiger partial charge < -0.3 is 4.57 Å². The largest absolute Gasteiger partial charge is 0.322 e. The van der Waals surface area contributed by atoms with Gasteiger partial charge in [-0.3, -0.25) is 9.52 Å². The molecule has 8 heteroatoms. The van der Waals surface area contributed by atoms with Gasteiger partial charge in [0.15, 0.2) is 10.9 Å². The maximum atomic E-state index is 12.7. The van der Waals surface area contributed by atoms with Crippen LogP contribution in [-0.4, -0.2) is 35.3 Å². The van der Waals surface area contributed by atoms with Crippen LogP contribution in [-0.2, 0) is 17.1 Å². The fourth-order valence-corrected chi connectivity index (χ4v) is 4.12. The van der Waals surface area contributed by atoms with Gasteiger partial charge in [0.2, 0.25) is 10.0 Å². The first-order valence-corrected chi connectivity index (χ1v) is 10.7. The van der Waals surface area contributed by atoms with E-state index in [1.807, 2.05) is 42.8 Å². The van der Waals surface area contributed by atoms with Gasteiger partial charge in [0.05, 0.1) is 22.5 Å². The number of nitrogens with one attached hydrogen (secondary N) is 1. The zero-order valence-electron chi connectivity index (χ0n) is 14.6. The molecule has 1 atom stereocenters. The van der Waals surface area contributed by atoms with Crippen LogP contribution in [0.1, 0.15) is 17.3 Å². The van der Waals surface area contributed by atoms with Crippen molar-refractivity contribution in [3.63, 3.8) is 0 Å². The number of hydrogen-bond donors (Lipinski definition) is 1. The Hall–Kier alpha value is -2.32. The molecule has 1 aromatic heterocycles. The Morgan fingerprint density at radius 3 is 2.42 bits per heavy atom. The van der Waals surface area contributed by atoms with Crippen molar-refractivity contribution in [3.05, 3.63) is 54.1 Å². The summed E-state index contributed by atoms with van der Waals surface area (Å²) >= 11 is 1.40. The number of thioether (sulfide) groups is 1. The van der Waals surface area contributed by atoms with E-state index in [0.717, 1.165) is 22.4 Å². The topological polar surface area (TPSA) is 81.1 Å². The number of fused-ring (bicyclic) bond motifs is 1. The average molecular weight is 390 g/mol. The third-order valence-corrected chi connectivity index (χ3v) is 5.62. The summed E-state index contributed by atoms with van der Waals surface area (Å²) in [5.74, 6) is -0.0343. The van der Waals surface area contributed by atoms with Gasteiger partial charge in [-0.15, -0.1) is 0 Å². The van der Waals surface area contributed by atoms with Crippen molar-refractivity contribution >= 4 is 44.3 Å². The molecule has 2 aromatic carbocycles. The van der Waals surface area contributed by atoms with Gasteiger partial charge in [-0.05, 0) is 43.3 Å². The number of rotatable bonds is 6. The van der Waals surface area contributed by atoms with Crippen molar-refractivity contribution in [2.75, 3.05) is 11.0 Å². The van der Waals surface area contributed by atoms with E-state index in [9.17, 15) is 13.2 Å². The first-order valence-electron chi connectivity index (χ1n) is 7.95. The van der Waals surface area contributed by atoms with Crippen LogP contribution in [0.25, 0.3) is 11.0 Å². The molecule has 0 aliphatic rings. The van der Waals surface area contributed by atoms with Gasteiger partial charge in [0, 0.05) is 18.3 Å². The van der Waals surface area contributed by atoms with Gasteiger partial charge in [-0.25, -0.2) is 13.4 Å². The van der Waals surface area contributed by atoms with E-state index in [4.69, 9.17) is 0 Å². The van der Waals surface area contributed by atoms with Gasteiger partial charge in [0.25, 0.3) is 0 Å². The minimum Gasteiger partial charge on any atom is -0.322 e. The van der Waals surface area contributed by atoms with Crippen molar-refractivity contribution in [1.29, 1.82) is 0 Å². The van der Waals surface area contributed by atoms with Crippen LogP contribution in [0.2, 0.25) is 0 Å². The summed E-state index contributed by atoms with van der Waals surface area (Å²) in [6, 6.07) is 14.3. The molecule has 6 nitrogen and oxygen atoms in total. The number of para-hydroxylation sites is 2. The predicted octanol–water partition coefficient (Wildman–Crippen LogP) is 3.31. The molecule has 0 fully saturated rings. The van der Waals surface area contributed by atoms with Crippen LogP contribution in [0.4, 0.5) is 5.69 Å². The van der Waals surface area contributed by atoms with Gasteiger partial charge in [-0.1, -0.05) is 23.9 Å². The number of carbonyl (C=O) groups is 1. The van der Waals surface area contributed by atoms with E-state index >= 15 is 0 Å². The Morgan fingerprint density at radius 2 is 1.81 bits per heavy atom. The lowest BCUT2D eigenvalue weighted by molar-refractivity contribution is 0.0994. The number of anilines is 1. The molecule has 0 unspecified atom stereocenters. The predicted molar refractivity (Wildman–Crippen MR) is 105 cm³/mol. The summed E-state index contributed by atoms with van der Waals surface area (Å²) in [6.45, 7) is 1.84. The standard InChI is InChI=1S/C18H19N3O3S2/c1-12(25-18-19-15-6-4-5-7-16(15)21(18)2)17(22)13-8-10-14(11-9-13)20-26(3,23)24/h4-12,20H,1-3H3/t12-/m0/s1. The summed E-state index contributed by atoms with van der Waals surface area (Å²) < 4.78 is 26.8. The second kappa shape index (κ2) is 7.13. The van der Waals surface area contributed by atoms with Crippen LogP contribution >= 0.6 is 11.8 Å². The maximum absolute atomic E-state index is 12.7. The molecule has 3 rings (SSSR count). The second-order valence-corrected chi connectivity index (χ2v) is 9.07. The lowest BCUT2D eigenvalue weighted by Gasteiger charge is -2.11. The number of carbonyl (C=O) groups excluding carboxylic acids is 1. The number of ketones is 1. The van der Waals surface area contributed by atoms with Crippen LogP contribution in [0.15, 0.2) is 53.7 Å². The van der Waals surface area contributed by atoms with E-state index < -0.39 is 10.0 Å². The number of aromatic nitrogens is 2. The summed E-state index contributed by atoms with van der Waals surface area (Å²) in [6.07, 6.45) is 1.08. The lowest BCUT2D eigenvalue weighted by Crippen LogP contribution is -2.15. The number of hydrogen-bond acceptors (Lipinski definition) is 5. The number of aryl methyl sites for hydroxylation is 1. The molecule has 0 saturated carbocycles. The molecule has 26 heavy (non-hydrogen) atoms. The highest BCUT2D eigenvalue weighted by molar-refractivity contribution is 8.00. The monoisotopic (exact) mass is 389 g/mol. The Morgan fingerprint density at radius 1 is 1.15 bits per heavy atom. The van der Waals surface area contributed by atoms with Crippen molar-refractivity contribution < 1.29 is 13.2 Å². The van der Waals surface area contributed by atoms with Crippen LogP contribution < -0.4 is 4.72 Å². The maximum Gasteiger partial charge on any atom is 0.229 e. The Kier molecular flexibility index (Phi) is 5.06. The number of nitrogens with zero attached hydrogens (tertiary/aromatic N) is 2. The van der Waals surface area contributed by atoms with Gasteiger partial charge in [0.1, 0.15) is 0 Å². The molecule has 1 N–H and O–H groups in total. The lowest BCUT2D eigenvalue weighted by atomic mass is 10.1. The average Bonchev–Trinajstić information content (AvgIpc) is 2.90. The Balaban J connectivity index is 1.75. The highest BCUT2D eigenvalue weighted by Gasteiger charge is 2.19. The van der Waals surface area contributed by atoms with Crippen molar-refractivity contribution in [1.82, 2.24) is 9.55 Å². The zero-order chi connectivity index (χ0) is 18.9. The normalized spacial score (nSPS) is 12.9. The molecule has 136 valence electrons. The number of benzene rings is 2. The SMILES string of the molecule is C[C@H](Sc1nc2ccccc2n1C)C(=O)c1ccc(NS(C)(=O)=O)cc1. The molecule has 0 spiro atoms. The fourth-order valence-electron chi connectivity index (χ4n) is 2.59. The van der Waals surface area contributed by atoms with E-state index in [1.54, 1.807) is 24.3 Å². The van der Waals surface area contributed by atoms with Crippen LogP contribution in [0, 0.1) is 0 Å². The zero-order valence-corrected chi connectivity index (χ0v) is 16.3. The van der Waals surface area contributed by atoms with E-state index in [1.165, 1.54) is 11.8 Å². The molecular formula is C18H19N3O3S2. The van der Waals surface area contributed by atoms with E-state index in [0.29, 0.717) is 11.3 Å². The van der Waals surface area contributed by atoms with E-state index in [-0.39, 0.29) is 11.0 Å². The van der Waals surface area contributed by atoms with Gasteiger partial charge >= 0.3 is 0 Å². The molecule has 0 radical (unpaired) electrons. The summed E-state index contributed by atoms with van der Waals surface area (Å²) in [5.41, 5.74) is 2.88. The minimum atomic E-state index is -3.33.